The van der Waals surface area contributed by atoms with Crippen molar-refractivity contribution in [3.8, 4) is 5.75 Å². The van der Waals surface area contributed by atoms with E-state index < -0.39 is 0 Å². The topological polar surface area (TPSA) is 60.8 Å². The summed E-state index contributed by atoms with van der Waals surface area (Å²) in [5.74, 6) is 0.258. The molecule has 1 fully saturated rings. The summed E-state index contributed by atoms with van der Waals surface area (Å²) < 4.78 is 13.2. The minimum Gasteiger partial charge on any atom is -0.485 e. The molecule has 2 aromatic rings. The highest BCUT2D eigenvalue weighted by Gasteiger charge is 2.22. The molecule has 0 saturated carbocycles. The second-order valence-corrected chi connectivity index (χ2v) is 6.64. The summed E-state index contributed by atoms with van der Waals surface area (Å²) in [6.45, 7) is 8.93. The van der Waals surface area contributed by atoms with Crippen molar-refractivity contribution in [3.63, 3.8) is 0 Å². The number of hydrogen-bond donors (Lipinski definition) is 0. The highest BCUT2D eigenvalue weighted by molar-refractivity contribution is 5.99. The molecule has 0 spiro atoms. The third kappa shape index (κ3) is 4.06. The van der Waals surface area contributed by atoms with Crippen molar-refractivity contribution in [1.29, 1.82) is 0 Å². The number of carbonyl (C=O) groups excluding carboxylic acids is 2. The Morgan fingerprint density at radius 2 is 1.81 bits per heavy atom. The fourth-order valence-electron chi connectivity index (χ4n) is 3.50. The number of rotatable bonds is 6. The predicted molar refractivity (Wildman–Crippen MR) is 103 cm³/mol. The fraction of sp³-hybridized carbons (Fsp3) is 0.429. The van der Waals surface area contributed by atoms with Gasteiger partial charge in [0, 0.05) is 36.6 Å². The third-order valence-corrected chi connectivity index (χ3v) is 4.96. The molecule has 0 unspecified atom stereocenters. The zero-order valence-electron chi connectivity index (χ0n) is 16.2. The van der Waals surface area contributed by atoms with Crippen LogP contribution in [0.5, 0.6) is 5.75 Å². The standard InChI is InChI=1S/C21H26N2O4/c1-4-23-15(2)13-18(16(23)3)19(24)14-27-20-8-6-5-7-17(20)21(25)22-9-11-26-12-10-22/h5-8,13H,4,9-12,14H2,1-3H3. The normalized spacial score (nSPS) is 14.3. The van der Waals surface area contributed by atoms with Crippen LogP contribution in [0.15, 0.2) is 30.3 Å². The maximum absolute atomic E-state index is 12.8. The number of carbonyl (C=O) groups is 2. The Labute approximate surface area is 159 Å². The van der Waals surface area contributed by atoms with Gasteiger partial charge in [-0.15, -0.1) is 0 Å². The average Bonchev–Trinajstić information content (AvgIpc) is 3.00. The number of nitrogens with zero attached hydrogens (tertiary/aromatic N) is 2. The maximum Gasteiger partial charge on any atom is 0.257 e. The molecular weight excluding hydrogens is 344 g/mol. The van der Waals surface area contributed by atoms with E-state index in [4.69, 9.17) is 9.47 Å². The lowest BCUT2D eigenvalue weighted by atomic mass is 10.1. The van der Waals surface area contributed by atoms with Crippen LogP contribution >= 0.6 is 0 Å². The number of amides is 1. The van der Waals surface area contributed by atoms with E-state index in [9.17, 15) is 9.59 Å². The molecule has 1 aromatic carbocycles. The Morgan fingerprint density at radius 1 is 1.11 bits per heavy atom. The number of aromatic nitrogens is 1. The molecule has 1 aromatic heterocycles. The molecule has 6 nitrogen and oxygen atoms in total. The van der Waals surface area contributed by atoms with Crippen LogP contribution in [-0.4, -0.2) is 54.1 Å². The minimum absolute atomic E-state index is 0.0866. The molecule has 0 radical (unpaired) electrons. The summed E-state index contributed by atoms with van der Waals surface area (Å²) in [6, 6.07) is 8.97. The monoisotopic (exact) mass is 370 g/mol. The van der Waals surface area contributed by atoms with Gasteiger partial charge in [0.05, 0.1) is 18.8 Å². The van der Waals surface area contributed by atoms with Gasteiger partial charge >= 0.3 is 0 Å². The molecule has 6 heteroatoms. The van der Waals surface area contributed by atoms with Crippen LogP contribution < -0.4 is 4.74 Å². The van der Waals surface area contributed by atoms with Crippen LogP contribution in [0.25, 0.3) is 0 Å². The van der Waals surface area contributed by atoms with Gasteiger partial charge in [0.1, 0.15) is 5.75 Å². The number of Topliss-reactive ketones (excluding diaryl/α,β-unsaturated/α-hetero) is 1. The molecule has 1 aliphatic heterocycles. The quantitative estimate of drug-likeness (QED) is 0.734. The summed E-state index contributed by atoms with van der Waals surface area (Å²) in [5.41, 5.74) is 3.15. The highest BCUT2D eigenvalue weighted by Crippen LogP contribution is 2.22. The van der Waals surface area contributed by atoms with Gasteiger partial charge in [-0.3, -0.25) is 9.59 Å². The number of ether oxygens (including phenoxy) is 2. The lowest BCUT2D eigenvalue weighted by Gasteiger charge is -2.27. The lowest BCUT2D eigenvalue weighted by molar-refractivity contribution is 0.0300. The summed E-state index contributed by atoms with van der Waals surface area (Å²) in [4.78, 5) is 27.2. The van der Waals surface area contributed by atoms with Crippen LogP contribution in [0.3, 0.4) is 0 Å². The number of para-hydroxylation sites is 1. The highest BCUT2D eigenvalue weighted by atomic mass is 16.5. The largest absolute Gasteiger partial charge is 0.485 e. The van der Waals surface area contributed by atoms with E-state index in [-0.39, 0.29) is 18.3 Å². The van der Waals surface area contributed by atoms with Crippen molar-refractivity contribution in [2.24, 2.45) is 0 Å². The van der Waals surface area contributed by atoms with Crippen molar-refractivity contribution in [2.75, 3.05) is 32.9 Å². The van der Waals surface area contributed by atoms with Crippen molar-refractivity contribution < 1.29 is 19.1 Å². The summed E-state index contributed by atoms with van der Waals surface area (Å²) >= 11 is 0. The maximum atomic E-state index is 12.8. The van der Waals surface area contributed by atoms with Gasteiger partial charge in [-0.05, 0) is 39.0 Å². The van der Waals surface area contributed by atoms with Gasteiger partial charge in [-0.25, -0.2) is 0 Å². The molecule has 1 amide bonds. The van der Waals surface area contributed by atoms with Crippen molar-refractivity contribution in [3.05, 3.63) is 52.8 Å². The second-order valence-electron chi connectivity index (χ2n) is 6.64. The molecule has 3 rings (SSSR count). The summed E-state index contributed by atoms with van der Waals surface area (Å²) in [6.07, 6.45) is 0. The van der Waals surface area contributed by atoms with E-state index in [0.29, 0.717) is 43.2 Å². The Bertz CT molecular complexity index is 835. The van der Waals surface area contributed by atoms with Gasteiger partial charge in [-0.2, -0.15) is 0 Å². The molecule has 144 valence electrons. The van der Waals surface area contributed by atoms with E-state index in [1.165, 1.54) is 0 Å². The van der Waals surface area contributed by atoms with Crippen molar-refractivity contribution >= 4 is 11.7 Å². The first-order chi connectivity index (χ1) is 13.0. The molecule has 1 aliphatic rings. The van der Waals surface area contributed by atoms with E-state index in [2.05, 4.69) is 11.5 Å². The van der Waals surface area contributed by atoms with E-state index >= 15 is 0 Å². The average molecular weight is 370 g/mol. The molecular formula is C21H26N2O4. The first-order valence-electron chi connectivity index (χ1n) is 9.31. The minimum atomic E-state index is -0.0958. The summed E-state index contributed by atoms with van der Waals surface area (Å²) in [7, 11) is 0. The Morgan fingerprint density at radius 3 is 2.48 bits per heavy atom. The Balaban J connectivity index is 1.73. The van der Waals surface area contributed by atoms with Gasteiger partial charge in [0.15, 0.2) is 6.61 Å². The van der Waals surface area contributed by atoms with Crippen LogP contribution in [-0.2, 0) is 11.3 Å². The zero-order chi connectivity index (χ0) is 19.4. The zero-order valence-corrected chi connectivity index (χ0v) is 16.2. The molecule has 0 atom stereocenters. The number of hydrogen-bond acceptors (Lipinski definition) is 4. The molecule has 27 heavy (non-hydrogen) atoms. The first kappa shape index (κ1) is 19.2. The van der Waals surface area contributed by atoms with Crippen LogP contribution in [0, 0.1) is 13.8 Å². The number of morpholine rings is 1. The third-order valence-electron chi connectivity index (χ3n) is 4.96. The molecule has 0 aliphatic carbocycles. The molecule has 0 N–H and O–H groups in total. The second kappa shape index (κ2) is 8.39. The van der Waals surface area contributed by atoms with Crippen molar-refractivity contribution in [1.82, 2.24) is 9.47 Å². The fourth-order valence-corrected chi connectivity index (χ4v) is 3.50. The van der Waals surface area contributed by atoms with E-state index in [1.807, 2.05) is 19.9 Å². The number of ketones is 1. The SMILES string of the molecule is CCn1c(C)cc(C(=O)COc2ccccc2C(=O)N2CCOCC2)c1C. The van der Waals surface area contributed by atoms with E-state index in [0.717, 1.165) is 17.9 Å². The van der Waals surface area contributed by atoms with Crippen LogP contribution in [0.4, 0.5) is 0 Å². The summed E-state index contributed by atoms with van der Waals surface area (Å²) in [5, 5.41) is 0. The van der Waals surface area contributed by atoms with Crippen molar-refractivity contribution in [2.45, 2.75) is 27.3 Å². The Hall–Kier alpha value is -2.60. The predicted octanol–water partition coefficient (Wildman–Crippen LogP) is 2.86. The smallest absolute Gasteiger partial charge is 0.257 e. The lowest BCUT2D eigenvalue weighted by Crippen LogP contribution is -2.40. The molecule has 1 saturated heterocycles. The molecule has 2 heterocycles. The number of benzene rings is 1. The number of aryl methyl sites for hydroxylation is 1. The molecule has 0 bridgehead atoms. The van der Waals surface area contributed by atoms with Gasteiger partial charge < -0.3 is 18.9 Å². The van der Waals surface area contributed by atoms with Crippen LogP contribution in [0.1, 0.15) is 39.0 Å². The first-order valence-corrected chi connectivity index (χ1v) is 9.31. The van der Waals surface area contributed by atoms with Gasteiger partial charge in [0.25, 0.3) is 5.91 Å². The van der Waals surface area contributed by atoms with E-state index in [1.54, 1.807) is 29.2 Å². The van der Waals surface area contributed by atoms with Gasteiger partial charge in [-0.1, -0.05) is 12.1 Å². The Kier molecular flexibility index (Phi) is 5.96. The van der Waals surface area contributed by atoms with Gasteiger partial charge in [0.2, 0.25) is 5.78 Å². The van der Waals surface area contributed by atoms with Crippen LogP contribution in [0.2, 0.25) is 0 Å².